The first-order chi connectivity index (χ1) is 7.79. The summed E-state index contributed by atoms with van der Waals surface area (Å²) in [4.78, 5) is 4.56. The number of allylic oxidation sites excluding steroid dienone is 1. The Labute approximate surface area is 100 Å². The molecule has 3 N–H and O–H groups in total. The van der Waals surface area contributed by atoms with E-state index in [2.05, 4.69) is 10.3 Å². The van der Waals surface area contributed by atoms with E-state index in [-0.39, 0.29) is 0 Å². The fourth-order valence-electron chi connectivity index (χ4n) is 1.66. The summed E-state index contributed by atoms with van der Waals surface area (Å²) < 4.78 is 0. The van der Waals surface area contributed by atoms with Gasteiger partial charge in [-0.15, -0.1) is 0 Å². The van der Waals surface area contributed by atoms with Crippen LogP contribution >= 0.6 is 11.6 Å². The van der Waals surface area contributed by atoms with Crippen molar-refractivity contribution in [3.8, 4) is 0 Å². The average Bonchev–Trinajstić information content (AvgIpc) is 2.33. The van der Waals surface area contributed by atoms with Crippen LogP contribution in [0.1, 0.15) is 12.8 Å². The molecule has 0 atom stereocenters. The lowest BCUT2D eigenvalue weighted by Gasteiger charge is -2.18. The predicted octanol–water partition coefficient (Wildman–Crippen LogP) is 2.60. The zero-order chi connectivity index (χ0) is 11.4. The van der Waals surface area contributed by atoms with Crippen LogP contribution in [0.25, 0.3) is 0 Å². The number of aliphatic imine (C=N–C) groups is 1. The van der Waals surface area contributed by atoms with Crippen LogP contribution in [-0.2, 0) is 0 Å². The molecule has 84 valence electrons. The topological polar surface area (TPSA) is 50.4 Å². The first-order valence-electron chi connectivity index (χ1n) is 5.29. The van der Waals surface area contributed by atoms with E-state index in [1.807, 2.05) is 24.3 Å². The van der Waals surface area contributed by atoms with Crippen molar-refractivity contribution in [2.45, 2.75) is 12.8 Å². The highest BCUT2D eigenvalue weighted by Gasteiger charge is 2.11. The Bertz CT molecular complexity index is 420. The van der Waals surface area contributed by atoms with Crippen molar-refractivity contribution in [3.63, 3.8) is 0 Å². The molecule has 1 heterocycles. The molecule has 4 heteroatoms. The zero-order valence-corrected chi connectivity index (χ0v) is 9.67. The molecule has 16 heavy (non-hydrogen) atoms. The van der Waals surface area contributed by atoms with Gasteiger partial charge in [-0.1, -0.05) is 11.6 Å². The van der Waals surface area contributed by atoms with Gasteiger partial charge in [0.25, 0.3) is 0 Å². The fraction of sp³-hybridized carbons (Fsp3) is 0.250. The van der Waals surface area contributed by atoms with Gasteiger partial charge in [-0.05, 0) is 37.1 Å². The molecule has 0 spiro atoms. The number of benzene rings is 1. The van der Waals surface area contributed by atoms with Crippen LogP contribution in [0.4, 0.5) is 5.69 Å². The van der Waals surface area contributed by atoms with E-state index < -0.39 is 0 Å². The van der Waals surface area contributed by atoms with Crippen LogP contribution in [0.3, 0.4) is 0 Å². The highest BCUT2D eigenvalue weighted by molar-refractivity contribution is 6.30. The molecule has 0 bridgehead atoms. The van der Waals surface area contributed by atoms with Crippen molar-refractivity contribution in [2.24, 2.45) is 10.7 Å². The third kappa shape index (κ3) is 2.55. The number of piperidine rings is 1. The van der Waals surface area contributed by atoms with Crippen molar-refractivity contribution in [3.05, 3.63) is 41.2 Å². The minimum atomic E-state index is 0.723. The molecule has 0 aliphatic carbocycles. The van der Waals surface area contributed by atoms with Crippen LogP contribution < -0.4 is 11.1 Å². The van der Waals surface area contributed by atoms with Crippen molar-refractivity contribution in [1.29, 1.82) is 0 Å². The lowest BCUT2D eigenvalue weighted by molar-refractivity contribution is 0.723. The summed E-state index contributed by atoms with van der Waals surface area (Å²) in [5.74, 6) is 0. The van der Waals surface area contributed by atoms with E-state index >= 15 is 0 Å². The number of nitrogens with one attached hydrogen (secondary N) is 1. The first kappa shape index (κ1) is 11.0. The lowest BCUT2D eigenvalue weighted by atomic mass is 10.1. The number of halogens is 1. The van der Waals surface area contributed by atoms with Crippen LogP contribution in [-0.4, -0.2) is 12.3 Å². The Balaban J connectivity index is 2.25. The van der Waals surface area contributed by atoms with Gasteiger partial charge in [-0.2, -0.15) is 0 Å². The summed E-state index contributed by atoms with van der Waals surface area (Å²) in [6.07, 6.45) is 3.62. The molecule has 0 amide bonds. The molecule has 0 saturated carbocycles. The highest BCUT2D eigenvalue weighted by Crippen LogP contribution is 2.19. The van der Waals surface area contributed by atoms with Gasteiger partial charge < -0.3 is 11.1 Å². The van der Waals surface area contributed by atoms with Crippen molar-refractivity contribution in [1.82, 2.24) is 5.32 Å². The minimum Gasteiger partial charge on any atom is -0.403 e. The van der Waals surface area contributed by atoms with Gasteiger partial charge >= 0.3 is 0 Å². The van der Waals surface area contributed by atoms with Gasteiger partial charge in [0.05, 0.1) is 17.1 Å². The SMILES string of the molecule is NC=C1NCCCC1=Nc1ccc(Cl)cc1. The zero-order valence-electron chi connectivity index (χ0n) is 8.91. The molecule has 1 aliphatic heterocycles. The third-order valence-electron chi connectivity index (χ3n) is 2.47. The summed E-state index contributed by atoms with van der Waals surface area (Å²) in [7, 11) is 0. The predicted molar refractivity (Wildman–Crippen MR) is 68.1 cm³/mol. The quantitative estimate of drug-likeness (QED) is 0.786. The smallest absolute Gasteiger partial charge is 0.0716 e. The van der Waals surface area contributed by atoms with E-state index in [1.54, 1.807) is 6.20 Å². The molecule has 1 aromatic carbocycles. The Morgan fingerprint density at radius 3 is 2.75 bits per heavy atom. The van der Waals surface area contributed by atoms with Crippen molar-refractivity contribution in [2.75, 3.05) is 6.54 Å². The van der Waals surface area contributed by atoms with E-state index in [1.165, 1.54) is 0 Å². The summed E-state index contributed by atoms with van der Waals surface area (Å²) in [5, 5.41) is 3.95. The Kier molecular flexibility index (Phi) is 3.47. The standard InChI is InChI=1S/C12H14ClN3/c13-9-3-5-10(6-4-9)16-11-2-1-7-15-12(11)8-14/h3-6,8,15H,1-2,7,14H2. The molecule has 1 fully saturated rings. The maximum Gasteiger partial charge on any atom is 0.0716 e. The van der Waals surface area contributed by atoms with E-state index in [4.69, 9.17) is 17.3 Å². The average molecular weight is 236 g/mol. The van der Waals surface area contributed by atoms with Gasteiger partial charge in [0.15, 0.2) is 0 Å². The summed E-state index contributed by atoms with van der Waals surface area (Å²) >= 11 is 5.82. The summed E-state index contributed by atoms with van der Waals surface area (Å²) in [5.41, 5.74) is 8.39. The molecular formula is C12H14ClN3. The van der Waals surface area contributed by atoms with Crippen LogP contribution in [0.5, 0.6) is 0 Å². The Morgan fingerprint density at radius 1 is 1.31 bits per heavy atom. The lowest BCUT2D eigenvalue weighted by Crippen LogP contribution is -2.28. The molecule has 0 radical (unpaired) electrons. The van der Waals surface area contributed by atoms with Gasteiger partial charge in [0, 0.05) is 17.8 Å². The van der Waals surface area contributed by atoms with Crippen LogP contribution in [0, 0.1) is 0 Å². The highest BCUT2D eigenvalue weighted by atomic mass is 35.5. The molecule has 1 aromatic rings. The monoisotopic (exact) mass is 235 g/mol. The van der Waals surface area contributed by atoms with Crippen molar-refractivity contribution >= 4 is 23.0 Å². The van der Waals surface area contributed by atoms with Crippen LogP contribution in [0.2, 0.25) is 5.02 Å². The second-order valence-electron chi connectivity index (χ2n) is 3.65. The largest absolute Gasteiger partial charge is 0.403 e. The second-order valence-corrected chi connectivity index (χ2v) is 4.08. The molecule has 1 aliphatic rings. The van der Waals surface area contributed by atoms with Crippen molar-refractivity contribution < 1.29 is 0 Å². The molecule has 0 unspecified atom stereocenters. The van der Waals surface area contributed by atoms with Gasteiger partial charge in [-0.3, -0.25) is 4.99 Å². The maximum atomic E-state index is 5.82. The van der Waals surface area contributed by atoms with E-state index in [0.717, 1.165) is 41.5 Å². The summed E-state index contributed by atoms with van der Waals surface area (Å²) in [6, 6.07) is 7.47. The summed E-state index contributed by atoms with van der Waals surface area (Å²) in [6.45, 7) is 0.961. The van der Waals surface area contributed by atoms with Gasteiger partial charge in [-0.25, -0.2) is 0 Å². The molecule has 0 aromatic heterocycles. The number of hydrogen-bond donors (Lipinski definition) is 2. The Hall–Kier alpha value is -1.48. The second kappa shape index (κ2) is 5.03. The van der Waals surface area contributed by atoms with E-state index in [9.17, 15) is 0 Å². The first-order valence-corrected chi connectivity index (χ1v) is 5.66. The molecule has 1 saturated heterocycles. The molecule has 3 nitrogen and oxygen atoms in total. The van der Waals surface area contributed by atoms with Crippen LogP contribution in [0.15, 0.2) is 41.2 Å². The number of nitrogens with two attached hydrogens (primary N) is 1. The Morgan fingerprint density at radius 2 is 2.06 bits per heavy atom. The number of rotatable bonds is 1. The normalized spacial score (nSPS) is 21.1. The maximum absolute atomic E-state index is 5.82. The minimum absolute atomic E-state index is 0.723. The number of hydrogen-bond acceptors (Lipinski definition) is 3. The van der Waals surface area contributed by atoms with Gasteiger partial charge in [0.2, 0.25) is 0 Å². The van der Waals surface area contributed by atoms with E-state index in [0.29, 0.717) is 0 Å². The third-order valence-corrected chi connectivity index (χ3v) is 2.73. The number of nitrogens with zero attached hydrogens (tertiary/aromatic N) is 1. The molecule has 2 rings (SSSR count). The van der Waals surface area contributed by atoms with Gasteiger partial charge in [0.1, 0.15) is 0 Å². The molecular weight excluding hydrogens is 222 g/mol. The fourth-order valence-corrected chi connectivity index (χ4v) is 1.78.